The minimum atomic E-state index is -0.339. The zero-order valence-electron chi connectivity index (χ0n) is 11.1. The molecule has 3 rings (SSSR count). The predicted molar refractivity (Wildman–Crippen MR) is 82.0 cm³/mol. The maximum Gasteiger partial charge on any atom is 0.258 e. The van der Waals surface area contributed by atoms with Crippen LogP contribution in [0.2, 0.25) is 0 Å². The van der Waals surface area contributed by atoms with Crippen LogP contribution < -0.4 is 5.73 Å². The average molecular weight is 348 g/mol. The highest BCUT2D eigenvalue weighted by molar-refractivity contribution is 9.10. The van der Waals surface area contributed by atoms with Crippen molar-refractivity contribution in [3.05, 3.63) is 52.3 Å². The van der Waals surface area contributed by atoms with E-state index in [4.69, 9.17) is 10.3 Å². The summed E-state index contributed by atoms with van der Waals surface area (Å²) in [7, 11) is 0. The van der Waals surface area contributed by atoms with Gasteiger partial charge in [0.05, 0.1) is 4.47 Å². The molecule has 0 bridgehead atoms. The monoisotopic (exact) mass is 347 g/mol. The summed E-state index contributed by atoms with van der Waals surface area (Å²) in [6, 6.07) is 10.1. The second-order valence-electron chi connectivity index (χ2n) is 4.57. The van der Waals surface area contributed by atoms with Crippen molar-refractivity contribution in [1.82, 2.24) is 10.1 Å². The number of nitrogens with two attached hydrogens (primary N) is 1. The number of hydrogen-bond donors (Lipinski definition) is 1. The topological polar surface area (TPSA) is 64.9 Å². The summed E-state index contributed by atoms with van der Waals surface area (Å²) in [6.45, 7) is 1.89. The van der Waals surface area contributed by atoms with Gasteiger partial charge in [-0.25, -0.2) is 4.39 Å². The van der Waals surface area contributed by atoms with Crippen LogP contribution in [0.15, 0.2) is 45.4 Å². The van der Waals surface area contributed by atoms with Gasteiger partial charge in [0.15, 0.2) is 0 Å². The van der Waals surface area contributed by atoms with Crippen molar-refractivity contribution in [2.75, 3.05) is 5.73 Å². The van der Waals surface area contributed by atoms with E-state index in [1.54, 1.807) is 12.1 Å². The summed E-state index contributed by atoms with van der Waals surface area (Å²) in [6.07, 6.45) is 0. The molecule has 0 atom stereocenters. The van der Waals surface area contributed by atoms with Crippen LogP contribution in [0.3, 0.4) is 0 Å². The molecule has 2 N–H and O–H groups in total. The van der Waals surface area contributed by atoms with E-state index in [9.17, 15) is 4.39 Å². The van der Waals surface area contributed by atoms with E-state index in [0.717, 1.165) is 11.1 Å². The molecule has 0 spiro atoms. The van der Waals surface area contributed by atoms with Crippen LogP contribution in [0.25, 0.3) is 22.8 Å². The largest absolute Gasteiger partial charge is 0.398 e. The van der Waals surface area contributed by atoms with E-state index in [1.807, 2.05) is 25.1 Å². The molecule has 0 unspecified atom stereocenters. The highest BCUT2D eigenvalue weighted by Crippen LogP contribution is 2.28. The first kappa shape index (κ1) is 13.8. The maximum atomic E-state index is 13.3. The number of aromatic nitrogens is 2. The van der Waals surface area contributed by atoms with Gasteiger partial charge in [0, 0.05) is 16.8 Å². The van der Waals surface area contributed by atoms with Crippen LogP contribution in [0.5, 0.6) is 0 Å². The van der Waals surface area contributed by atoms with Crippen LogP contribution in [-0.2, 0) is 0 Å². The minimum absolute atomic E-state index is 0.339. The lowest BCUT2D eigenvalue weighted by atomic mass is 10.1. The van der Waals surface area contributed by atoms with Crippen LogP contribution in [-0.4, -0.2) is 10.1 Å². The predicted octanol–water partition coefficient (Wildman–Crippen LogP) is 4.20. The summed E-state index contributed by atoms with van der Waals surface area (Å²) in [5.74, 6) is 0.442. The Balaban J connectivity index is 2.03. The number of hydrogen-bond acceptors (Lipinski definition) is 4. The van der Waals surface area contributed by atoms with Crippen molar-refractivity contribution >= 4 is 21.6 Å². The molecule has 6 heteroatoms. The van der Waals surface area contributed by atoms with E-state index in [1.165, 1.54) is 6.07 Å². The molecule has 0 fully saturated rings. The molecule has 3 aromatic rings. The molecular formula is C15H11BrFN3O. The quantitative estimate of drug-likeness (QED) is 0.705. The Bertz CT molecular complexity index is 816. The van der Waals surface area contributed by atoms with Gasteiger partial charge in [0.1, 0.15) is 5.82 Å². The highest BCUT2D eigenvalue weighted by Gasteiger charge is 2.14. The fraction of sp³-hybridized carbons (Fsp3) is 0.0667. The van der Waals surface area contributed by atoms with Crippen LogP contribution >= 0.6 is 15.9 Å². The van der Waals surface area contributed by atoms with Gasteiger partial charge < -0.3 is 10.3 Å². The third-order valence-electron chi connectivity index (χ3n) is 3.21. The Hall–Kier alpha value is -2.21. The number of rotatable bonds is 2. The lowest BCUT2D eigenvalue weighted by molar-refractivity contribution is 0.432. The first-order chi connectivity index (χ1) is 10.1. The highest BCUT2D eigenvalue weighted by atomic mass is 79.9. The molecule has 4 nitrogen and oxygen atoms in total. The second kappa shape index (κ2) is 5.29. The van der Waals surface area contributed by atoms with Crippen LogP contribution in [0.4, 0.5) is 10.1 Å². The number of benzene rings is 2. The van der Waals surface area contributed by atoms with Crippen molar-refractivity contribution in [2.45, 2.75) is 6.92 Å². The summed E-state index contributed by atoms with van der Waals surface area (Å²) in [4.78, 5) is 4.35. The van der Waals surface area contributed by atoms with E-state index in [2.05, 4.69) is 26.1 Å². The minimum Gasteiger partial charge on any atom is -0.398 e. The van der Waals surface area contributed by atoms with Gasteiger partial charge in [-0.2, -0.15) is 4.98 Å². The molecule has 0 radical (unpaired) electrons. The SMILES string of the molecule is Cc1c(N)cccc1-c1nc(-c2ccc(F)c(Br)c2)no1. The number of anilines is 1. The Kier molecular flexibility index (Phi) is 3.47. The fourth-order valence-corrected chi connectivity index (χ4v) is 2.35. The Morgan fingerprint density at radius 2 is 2.05 bits per heavy atom. The van der Waals surface area contributed by atoms with Crippen molar-refractivity contribution in [1.29, 1.82) is 0 Å². The Labute approximate surface area is 128 Å². The standard InChI is InChI=1S/C15H11BrFN3O/c1-8-10(3-2-4-13(8)18)15-19-14(20-21-15)9-5-6-12(17)11(16)7-9/h2-7H,18H2,1H3. The Morgan fingerprint density at radius 3 is 2.81 bits per heavy atom. The Morgan fingerprint density at radius 1 is 1.24 bits per heavy atom. The molecular weight excluding hydrogens is 337 g/mol. The third-order valence-corrected chi connectivity index (χ3v) is 3.82. The van der Waals surface area contributed by atoms with E-state index in [0.29, 0.717) is 27.4 Å². The average Bonchev–Trinajstić information content (AvgIpc) is 2.94. The third kappa shape index (κ3) is 2.54. The summed E-state index contributed by atoms with van der Waals surface area (Å²) in [5.41, 5.74) is 8.87. The number of nitrogens with zero attached hydrogens (tertiary/aromatic N) is 2. The molecule has 0 aliphatic carbocycles. The fourth-order valence-electron chi connectivity index (χ4n) is 1.97. The molecule has 0 amide bonds. The van der Waals surface area contributed by atoms with Gasteiger partial charge in [-0.05, 0) is 58.7 Å². The molecule has 0 saturated carbocycles. The number of nitrogen functional groups attached to an aromatic ring is 1. The van der Waals surface area contributed by atoms with Gasteiger partial charge in [-0.3, -0.25) is 0 Å². The molecule has 0 aliphatic heterocycles. The van der Waals surface area contributed by atoms with Crippen molar-refractivity contribution in [3.63, 3.8) is 0 Å². The van der Waals surface area contributed by atoms with Gasteiger partial charge in [-0.15, -0.1) is 0 Å². The molecule has 0 aliphatic rings. The lowest BCUT2D eigenvalue weighted by Crippen LogP contribution is -1.92. The van der Waals surface area contributed by atoms with Gasteiger partial charge >= 0.3 is 0 Å². The molecule has 0 saturated heterocycles. The van der Waals surface area contributed by atoms with Crippen molar-refractivity contribution in [2.24, 2.45) is 0 Å². The van der Waals surface area contributed by atoms with Gasteiger partial charge in [-0.1, -0.05) is 11.2 Å². The molecule has 106 valence electrons. The first-order valence-corrected chi connectivity index (χ1v) is 7.00. The molecule has 1 heterocycles. The second-order valence-corrected chi connectivity index (χ2v) is 5.43. The van der Waals surface area contributed by atoms with Crippen LogP contribution in [0, 0.1) is 12.7 Å². The van der Waals surface area contributed by atoms with E-state index >= 15 is 0 Å². The summed E-state index contributed by atoms with van der Waals surface area (Å²) < 4.78 is 18.9. The number of halogens is 2. The summed E-state index contributed by atoms with van der Waals surface area (Å²) in [5, 5.41) is 3.93. The summed E-state index contributed by atoms with van der Waals surface area (Å²) >= 11 is 3.14. The smallest absolute Gasteiger partial charge is 0.258 e. The van der Waals surface area contributed by atoms with Gasteiger partial charge in [0.2, 0.25) is 5.82 Å². The molecule has 21 heavy (non-hydrogen) atoms. The molecule has 2 aromatic carbocycles. The van der Waals surface area contributed by atoms with Gasteiger partial charge in [0.25, 0.3) is 5.89 Å². The normalized spacial score (nSPS) is 10.8. The molecule has 1 aromatic heterocycles. The van der Waals surface area contributed by atoms with Crippen molar-refractivity contribution in [3.8, 4) is 22.8 Å². The lowest BCUT2D eigenvalue weighted by Gasteiger charge is -2.03. The first-order valence-electron chi connectivity index (χ1n) is 6.21. The maximum absolute atomic E-state index is 13.3. The van der Waals surface area contributed by atoms with Crippen LogP contribution in [0.1, 0.15) is 5.56 Å². The zero-order valence-corrected chi connectivity index (χ0v) is 12.7. The van der Waals surface area contributed by atoms with E-state index < -0.39 is 0 Å². The van der Waals surface area contributed by atoms with Crippen molar-refractivity contribution < 1.29 is 8.91 Å². The zero-order chi connectivity index (χ0) is 15.0. The van der Waals surface area contributed by atoms with E-state index in [-0.39, 0.29) is 5.82 Å².